The van der Waals surface area contributed by atoms with Crippen LogP contribution in [0.25, 0.3) is 10.9 Å². The largest absolute Gasteiger partial charge is 0.505 e. The summed E-state index contributed by atoms with van der Waals surface area (Å²) in [4.78, 5) is 24.6. The van der Waals surface area contributed by atoms with Gasteiger partial charge in [-0.05, 0) is 28.1 Å². The second kappa shape index (κ2) is 4.99. The second-order valence-electron chi connectivity index (χ2n) is 2.85. The van der Waals surface area contributed by atoms with Crippen molar-refractivity contribution in [3.05, 3.63) is 28.9 Å². The normalized spacial score (nSPS) is 11.0. The maximum atomic E-state index is 9.42. The van der Waals surface area contributed by atoms with Crippen molar-refractivity contribution in [1.82, 2.24) is 4.98 Å². The molecule has 0 radical (unpaired) electrons. The van der Waals surface area contributed by atoms with Crippen LogP contribution in [-0.4, -0.2) is 24.8 Å². The summed E-state index contributed by atoms with van der Waals surface area (Å²) in [6.07, 6.45) is 0. The lowest BCUT2D eigenvalue weighted by molar-refractivity contribution is 0.275. The van der Waals surface area contributed by atoms with Crippen LogP contribution in [-0.2, 0) is 4.57 Å². The molecule has 1 aromatic heterocycles. The van der Waals surface area contributed by atoms with E-state index in [9.17, 15) is 5.11 Å². The van der Waals surface area contributed by atoms with Gasteiger partial charge in [0.2, 0.25) is 0 Å². The van der Waals surface area contributed by atoms with Crippen LogP contribution in [0.4, 0.5) is 0 Å². The summed E-state index contributed by atoms with van der Waals surface area (Å²) in [7, 11) is -4.64. The highest BCUT2D eigenvalue weighted by Gasteiger charge is 2.05. The first-order valence-electron chi connectivity index (χ1n) is 4.02. The van der Waals surface area contributed by atoms with E-state index in [2.05, 4.69) is 20.9 Å². The number of H-pyrrole nitrogens is 1. The average molecular weight is 310 g/mol. The molecule has 0 fully saturated rings. The Bertz CT molecular complexity index is 526. The molecule has 0 atom stereocenters. The van der Waals surface area contributed by atoms with E-state index in [1.165, 1.54) is 0 Å². The molecule has 0 aliphatic rings. The van der Waals surface area contributed by atoms with Gasteiger partial charge in [0.25, 0.3) is 0 Å². The molecule has 0 aliphatic heterocycles. The summed E-state index contributed by atoms with van der Waals surface area (Å²) in [5.41, 5.74) is 0.942. The number of fused-ring (bicyclic) bond motifs is 1. The number of halogens is 1. The molecule has 2 aromatic rings. The first-order valence-corrected chi connectivity index (χ1v) is 6.38. The molecule has 0 aliphatic carbocycles. The van der Waals surface area contributed by atoms with Crippen LogP contribution in [0.1, 0.15) is 0 Å². The molecule has 0 unspecified atom stereocenters. The summed E-state index contributed by atoms with van der Waals surface area (Å²) in [6.45, 7) is 0. The van der Waals surface area contributed by atoms with E-state index in [1.54, 1.807) is 0 Å². The van der Waals surface area contributed by atoms with Gasteiger partial charge in [0, 0.05) is 5.39 Å². The number of nitrogens with one attached hydrogen (secondary N) is 1. The Balaban J connectivity index is 0.000000221. The Morgan fingerprint density at radius 3 is 2.19 bits per heavy atom. The van der Waals surface area contributed by atoms with E-state index in [0.717, 1.165) is 10.9 Å². The predicted octanol–water partition coefficient (Wildman–Crippen LogP) is 1.71. The van der Waals surface area contributed by atoms with Crippen molar-refractivity contribution in [3.8, 4) is 5.75 Å². The molecule has 16 heavy (non-hydrogen) atoms. The van der Waals surface area contributed by atoms with Gasteiger partial charge in [-0.1, -0.05) is 12.1 Å². The third-order valence-corrected chi connectivity index (χ3v) is 2.21. The maximum Gasteiger partial charge on any atom is 0.466 e. The minimum atomic E-state index is -4.64. The molecule has 2 rings (SSSR count). The molecular formula is C8H9BrNO5P. The number of para-hydroxylation sites is 1. The van der Waals surface area contributed by atoms with Gasteiger partial charge in [-0.25, -0.2) is 4.57 Å². The topological polar surface area (TPSA) is 114 Å². The highest BCUT2D eigenvalue weighted by atomic mass is 79.9. The van der Waals surface area contributed by atoms with Crippen molar-refractivity contribution in [3.63, 3.8) is 0 Å². The van der Waals surface area contributed by atoms with Crippen LogP contribution in [0.2, 0.25) is 0 Å². The van der Waals surface area contributed by atoms with Crippen LogP contribution < -0.4 is 0 Å². The van der Waals surface area contributed by atoms with Crippen molar-refractivity contribution in [1.29, 1.82) is 0 Å². The second-order valence-corrected chi connectivity index (χ2v) is 4.67. The third kappa shape index (κ3) is 3.96. The van der Waals surface area contributed by atoms with Gasteiger partial charge in [-0.3, -0.25) is 0 Å². The molecular weight excluding hydrogens is 301 g/mol. The fourth-order valence-corrected chi connectivity index (χ4v) is 1.52. The lowest BCUT2D eigenvalue weighted by atomic mass is 10.2. The number of aromatic nitrogens is 1. The van der Waals surface area contributed by atoms with Gasteiger partial charge >= 0.3 is 7.82 Å². The van der Waals surface area contributed by atoms with E-state index >= 15 is 0 Å². The molecule has 0 saturated carbocycles. The summed E-state index contributed by atoms with van der Waals surface area (Å²) in [5.74, 6) is 0.278. The molecule has 6 nitrogen and oxygen atoms in total. The fraction of sp³-hybridized carbons (Fsp3) is 0. The molecule has 0 amide bonds. The van der Waals surface area contributed by atoms with Crippen LogP contribution >= 0.6 is 23.8 Å². The van der Waals surface area contributed by atoms with Crippen LogP contribution in [0.5, 0.6) is 5.75 Å². The van der Waals surface area contributed by atoms with Crippen molar-refractivity contribution >= 4 is 34.7 Å². The van der Waals surface area contributed by atoms with Crippen molar-refractivity contribution in [2.24, 2.45) is 0 Å². The Morgan fingerprint density at radius 2 is 1.69 bits per heavy atom. The number of hydrogen-bond acceptors (Lipinski definition) is 2. The van der Waals surface area contributed by atoms with Gasteiger partial charge in [0.15, 0.2) is 5.75 Å². The zero-order valence-corrected chi connectivity index (χ0v) is 10.3. The summed E-state index contributed by atoms with van der Waals surface area (Å²) in [5, 5.41) is 10.3. The Morgan fingerprint density at radius 1 is 1.19 bits per heavy atom. The molecule has 1 heterocycles. The molecule has 0 bridgehead atoms. The molecule has 88 valence electrons. The highest BCUT2D eigenvalue weighted by molar-refractivity contribution is 9.10. The summed E-state index contributed by atoms with van der Waals surface area (Å²) < 4.78 is 9.52. The lowest BCUT2D eigenvalue weighted by Crippen LogP contribution is -1.66. The van der Waals surface area contributed by atoms with E-state index in [1.807, 2.05) is 24.3 Å². The number of rotatable bonds is 0. The molecule has 0 spiro atoms. The lowest BCUT2D eigenvalue weighted by Gasteiger charge is -1.86. The third-order valence-electron chi connectivity index (χ3n) is 1.63. The smallest absolute Gasteiger partial charge is 0.466 e. The van der Waals surface area contributed by atoms with Crippen molar-refractivity contribution in [2.45, 2.75) is 0 Å². The number of aromatic hydroxyl groups is 1. The monoisotopic (exact) mass is 309 g/mol. The average Bonchev–Trinajstić information content (AvgIpc) is 2.41. The van der Waals surface area contributed by atoms with Gasteiger partial charge in [-0.2, -0.15) is 0 Å². The minimum Gasteiger partial charge on any atom is -0.505 e. The van der Waals surface area contributed by atoms with E-state index in [0.29, 0.717) is 4.60 Å². The Hall–Kier alpha value is -0.850. The predicted molar refractivity (Wildman–Crippen MR) is 61.9 cm³/mol. The zero-order valence-electron chi connectivity index (χ0n) is 7.83. The first-order chi connectivity index (χ1) is 7.29. The number of benzene rings is 1. The zero-order chi connectivity index (χ0) is 12.3. The molecule has 0 saturated heterocycles. The van der Waals surface area contributed by atoms with Crippen LogP contribution in [0, 0.1) is 0 Å². The van der Waals surface area contributed by atoms with Crippen molar-refractivity contribution in [2.75, 3.05) is 0 Å². The maximum absolute atomic E-state index is 9.42. The number of aromatic amines is 1. The van der Waals surface area contributed by atoms with Gasteiger partial charge in [-0.15, -0.1) is 0 Å². The van der Waals surface area contributed by atoms with Crippen LogP contribution in [0.15, 0.2) is 28.9 Å². The van der Waals surface area contributed by atoms with Gasteiger partial charge in [0.1, 0.15) is 4.60 Å². The van der Waals surface area contributed by atoms with Crippen molar-refractivity contribution < 1.29 is 24.4 Å². The molecule has 5 N–H and O–H groups in total. The SMILES string of the molecule is O=P(O)(O)O.Oc1c(Br)[nH]c2ccccc12. The first kappa shape index (κ1) is 13.2. The number of hydrogen-bond donors (Lipinski definition) is 5. The summed E-state index contributed by atoms with van der Waals surface area (Å²) >= 11 is 3.20. The van der Waals surface area contributed by atoms with E-state index in [4.69, 9.17) is 19.2 Å². The Labute approximate surface area is 98.9 Å². The van der Waals surface area contributed by atoms with E-state index < -0.39 is 7.82 Å². The fourth-order valence-electron chi connectivity index (χ4n) is 1.09. The van der Waals surface area contributed by atoms with Crippen LogP contribution in [0.3, 0.4) is 0 Å². The molecule has 1 aromatic carbocycles. The molecule has 8 heteroatoms. The van der Waals surface area contributed by atoms with E-state index in [-0.39, 0.29) is 5.75 Å². The van der Waals surface area contributed by atoms with Gasteiger partial charge in [0.05, 0.1) is 5.52 Å². The number of phosphoric acid groups is 1. The Kier molecular flexibility index (Phi) is 4.12. The standard InChI is InChI=1S/C8H6BrNO.H3O4P/c9-8-7(11)5-3-1-2-4-6(5)10-8;1-5(2,3)4/h1-4,10-11H;(H3,1,2,3,4). The highest BCUT2D eigenvalue weighted by Crippen LogP contribution is 2.31. The quantitative estimate of drug-likeness (QED) is 0.475. The summed E-state index contributed by atoms with van der Waals surface area (Å²) in [6, 6.07) is 7.60. The minimum absolute atomic E-state index is 0.278. The van der Waals surface area contributed by atoms with Gasteiger partial charge < -0.3 is 24.8 Å².